The largest absolute Gasteiger partial charge is 0.352 e. The quantitative estimate of drug-likeness (QED) is 0.686. The van der Waals surface area contributed by atoms with Gasteiger partial charge in [-0.05, 0) is 42.5 Å². The molecule has 0 aliphatic carbocycles. The zero-order valence-electron chi connectivity index (χ0n) is 15.3. The second-order valence-electron chi connectivity index (χ2n) is 6.40. The number of benzene rings is 2. The average molecular weight is 375 g/mol. The topological polar surface area (TPSA) is 66.5 Å². The number of sulfonamides is 1. The molecule has 140 valence electrons. The summed E-state index contributed by atoms with van der Waals surface area (Å²) in [5.41, 5.74) is 2.17. The second kappa shape index (κ2) is 9.50. The van der Waals surface area contributed by atoms with Gasteiger partial charge in [0.05, 0.1) is 4.90 Å². The van der Waals surface area contributed by atoms with Crippen molar-refractivity contribution in [2.75, 3.05) is 14.1 Å². The third-order valence-corrected chi connectivity index (χ3v) is 5.98. The summed E-state index contributed by atoms with van der Waals surface area (Å²) in [5.74, 6) is 0.0167. The number of unbranched alkanes of at least 4 members (excludes halogenated alkanes) is 1. The third-order valence-electron chi connectivity index (χ3n) is 4.15. The van der Waals surface area contributed by atoms with Crippen LogP contribution in [0.5, 0.6) is 0 Å². The van der Waals surface area contributed by atoms with Crippen LogP contribution in [0.15, 0.2) is 59.5 Å². The maximum Gasteiger partial charge on any atom is 0.242 e. The molecule has 5 nitrogen and oxygen atoms in total. The van der Waals surface area contributed by atoms with Gasteiger partial charge in [0.1, 0.15) is 0 Å². The van der Waals surface area contributed by atoms with E-state index in [1.807, 2.05) is 18.2 Å². The van der Waals surface area contributed by atoms with Gasteiger partial charge in [0.2, 0.25) is 15.9 Å². The third kappa shape index (κ3) is 5.97. The first-order valence-electron chi connectivity index (χ1n) is 8.71. The van der Waals surface area contributed by atoms with Crippen LogP contribution in [0.3, 0.4) is 0 Å². The van der Waals surface area contributed by atoms with Crippen molar-refractivity contribution in [3.63, 3.8) is 0 Å². The van der Waals surface area contributed by atoms with E-state index in [1.165, 1.54) is 24.0 Å². The molecule has 1 N–H and O–H groups in total. The van der Waals surface area contributed by atoms with Gasteiger partial charge in [-0.2, -0.15) is 0 Å². The summed E-state index contributed by atoms with van der Waals surface area (Å²) in [5, 5.41) is 2.88. The van der Waals surface area contributed by atoms with Crippen molar-refractivity contribution in [3.8, 4) is 0 Å². The Morgan fingerprint density at radius 1 is 0.923 bits per heavy atom. The number of aryl methyl sites for hydroxylation is 1. The molecule has 26 heavy (non-hydrogen) atoms. The molecule has 1 amide bonds. The fourth-order valence-corrected chi connectivity index (χ4v) is 3.44. The number of amides is 1. The molecule has 0 radical (unpaired) electrons. The van der Waals surface area contributed by atoms with Crippen molar-refractivity contribution >= 4 is 15.9 Å². The van der Waals surface area contributed by atoms with Crippen LogP contribution in [0.25, 0.3) is 0 Å². The number of rotatable bonds is 9. The number of hydrogen-bond acceptors (Lipinski definition) is 3. The molecule has 0 saturated heterocycles. The molecule has 0 saturated carbocycles. The highest BCUT2D eigenvalue weighted by Gasteiger charge is 2.16. The molecule has 2 aromatic carbocycles. The Morgan fingerprint density at radius 2 is 1.58 bits per heavy atom. The SMILES string of the molecule is CN(C)S(=O)(=O)c1ccc(CNC(=O)CCCCc2ccccc2)cc1. The molecule has 0 aromatic heterocycles. The smallest absolute Gasteiger partial charge is 0.242 e. The second-order valence-corrected chi connectivity index (χ2v) is 8.55. The Labute approximate surface area is 156 Å². The fourth-order valence-electron chi connectivity index (χ4n) is 2.54. The van der Waals surface area contributed by atoms with E-state index in [0.29, 0.717) is 13.0 Å². The molecule has 0 fully saturated rings. The summed E-state index contributed by atoms with van der Waals surface area (Å²) in [6, 6.07) is 16.8. The first-order chi connectivity index (χ1) is 12.4. The van der Waals surface area contributed by atoms with E-state index in [2.05, 4.69) is 17.4 Å². The van der Waals surface area contributed by atoms with Gasteiger partial charge < -0.3 is 5.32 Å². The average Bonchev–Trinajstić information content (AvgIpc) is 2.64. The van der Waals surface area contributed by atoms with E-state index < -0.39 is 10.0 Å². The lowest BCUT2D eigenvalue weighted by molar-refractivity contribution is -0.121. The Bertz CT molecular complexity index is 801. The van der Waals surface area contributed by atoms with Crippen LogP contribution in [-0.4, -0.2) is 32.7 Å². The Hall–Kier alpha value is -2.18. The Morgan fingerprint density at radius 3 is 2.19 bits per heavy atom. The summed E-state index contributed by atoms with van der Waals surface area (Å²) >= 11 is 0. The summed E-state index contributed by atoms with van der Waals surface area (Å²) in [6.07, 6.45) is 3.31. The molecule has 0 aliphatic rings. The van der Waals surface area contributed by atoms with Crippen molar-refractivity contribution in [1.29, 1.82) is 0 Å². The van der Waals surface area contributed by atoms with Gasteiger partial charge in [-0.3, -0.25) is 4.79 Å². The molecule has 0 aliphatic heterocycles. The maximum absolute atomic E-state index is 12.0. The van der Waals surface area contributed by atoms with Crippen LogP contribution in [0.2, 0.25) is 0 Å². The highest BCUT2D eigenvalue weighted by molar-refractivity contribution is 7.89. The summed E-state index contributed by atoms with van der Waals surface area (Å²) in [4.78, 5) is 12.2. The van der Waals surface area contributed by atoms with Gasteiger partial charge >= 0.3 is 0 Å². The van der Waals surface area contributed by atoms with E-state index in [0.717, 1.165) is 24.8 Å². The van der Waals surface area contributed by atoms with Crippen molar-refractivity contribution in [2.45, 2.75) is 37.1 Å². The lowest BCUT2D eigenvalue weighted by atomic mass is 10.1. The molecule has 2 aromatic rings. The first-order valence-corrected chi connectivity index (χ1v) is 10.2. The van der Waals surface area contributed by atoms with E-state index in [9.17, 15) is 13.2 Å². The first kappa shape index (κ1) is 20.1. The van der Waals surface area contributed by atoms with Gasteiger partial charge in [-0.25, -0.2) is 12.7 Å². The van der Waals surface area contributed by atoms with Crippen LogP contribution in [-0.2, 0) is 27.8 Å². The molecule has 0 spiro atoms. The van der Waals surface area contributed by atoms with Crippen molar-refractivity contribution in [1.82, 2.24) is 9.62 Å². The van der Waals surface area contributed by atoms with Gasteiger partial charge in [0, 0.05) is 27.1 Å². The van der Waals surface area contributed by atoms with Gasteiger partial charge in [-0.1, -0.05) is 42.5 Å². The standard InChI is InChI=1S/C20H26N2O3S/c1-22(2)26(24,25)19-14-12-18(13-15-19)16-21-20(23)11-7-6-10-17-8-4-3-5-9-17/h3-5,8-9,12-15H,6-7,10-11,16H2,1-2H3,(H,21,23). The van der Waals surface area contributed by atoms with E-state index in [4.69, 9.17) is 0 Å². The molecule has 6 heteroatoms. The molecular formula is C20H26N2O3S. The monoisotopic (exact) mass is 374 g/mol. The maximum atomic E-state index is 12.0. The highest BCUT2D eigenvalue weighted by Crippen LogP contribution is 2.14. The van der Waals surface area contributed by atoms with Gasteiger partial charge in [-0.15, -0.1) is 0 Å². The zero-order valence-corrected chi connectivity index (χ0v) is 16.1. The zero-order chi connectivity index (χ0) is 19.0. The lowest BCUT2D eigenvalue weighted by Gasteiger charge is -2.12. The van der Waals surface area contributed by atoms with Crippen LogP contribution in [0.4, 0.5) is 0 Å². The lowest BCUT2D eigenvalue weighted by Crippen LogP contribution is -2.23. The minimum atomic E-state index is -3.42. The van der Waals surface area contributed by atoms with Crippen LogP contribution in [0, 0.1) is 0 Å². The normalized spacial score (nSPS) is 11.5. The number of nitrogens with zero attached hydrogens (tertiary/aromatic N) is 1. The van der Waals surface area contributed by atoms with Crippen molar-refractivity contribution < 1.29 is 13.2 Å². The van der Waals surface area contributed by atoms with Crippen molar-refractivity contribution in [2.24, 2.45) is 0 Å². The van der Waals surface area contributed by atoms with Gasteiger partial charge in [0.15, 0.2) is 0 Å². The highest BCUT2D eigenvalue weighted by atomic mass is 32.2. The summed E-state index contributed by atoms with van der Waals surface area (Å²) in [6.45, 7) is 0.403. The summed E-state index contributed by atoms with van der Waals surface area (Å²) < 4.78 is 25.2. The van der Waals surface area contributed by atoms with Crippen LogP contribution >= 0.6 is 0 Å². The molecule has 0 atom stereocenters. The molecule has 0 heterocycles. The minimum Gasteiger partial charge on any atom is -0.352 e. The molecule has 2 rings (SSSR count). The molecular weight excluding hydrogens is 348 g/mol. The Kier molecular flexibility index (Phi) is 7.36. The van der Waals surface area contributed by atoms with Crippen LogP contribution in [0.1, 0.15) is 30.4 Å². The number of nitrogens with one attached hydrogen (secondary N) is 1. The number of carbonyl (C=O) groups excluding carboxylic acids is 1. The van der Waals surface area contributed by atoms with E-state index >= 15 is 0 Å². The molecule has 0 bridgehead atoms. The van der Waals surface area contributed by atoms with Crippen LogP contribution < -0.4 is 5.32 Å². The number of carbonyl (C=O) groups is 1. The van der Waals surface area contributed by atoms with Gasteiger partial charge in [0.25, 0.3) is 0 Å². The van der Waals surface area contributed by atoms with E-state index in [-0.39, 0.29) is 10.8 Å². The molecule has 0 unspecified atom stereocenters. The van der Waals surface area contributed by atoms with Crippen molar-refractivity contribution in [3.05, 3.63) is 65.7 Å². The number of hydrogen-bond donors (Lipinski definition) is 1. The predicted molar refractivity (Wildman–Crippen MR) is 103 cm³/mol. The summed E-state index contributed by atoms with van der Waals surface area (Å²) in [7, 11) is -0.414. The minimum absolute atomic E-state index is 0.0167. The predicted octanol–water partition coefficient (Wildman–Crippen LogP) is 2.97. The van der Waals surface area contributed by atoms with E-state index in [1.54, 1.807) is 24.3 Å². The fraction of sp³-hybridized carbons (Fsp3) is 0.350. The Balaban J connectivity index is 1.72.